The maximum atomic E-state index is 12.1. The van der Waals surface area contributed by atoms with Crippen molar-refractivity contribution in [3.63, 3.8) is 0 Å². The number of carbonyl (C=O) groups excluding carboxylic acids is 1. The zero-order valence-electron chi connectivity index (χ0n) is 11.6. The van der Waals surface area contributed by atoms with Gasteiger partial charge in [0.1, 0.15) is 0 Å². The van der Waals surface area contributed by atoms with Gasteiger partial charge in [-0.1, -0.05) is 18.2 Å². The van der Waals surface area contributed by atoms with Gasteiger partial charge >= 0.3 is 5.97 Å². The molecule has 1 N–H and O–H groups in total. The lowest BCUT2D eigenvalue weighted by Crippen LogP contribution is -2.48. The normalized spacial score (nSPS) is 25.1. The minimum Gasteiger partial charge on any atom is -0.461 e. The molecule has 2 aliphatic heterocycles. The molecule has 5 heteroatoms. The first kappa shape index (κ1) is 13.1. The highest BCUT2D eigenvalue weighted by molar-refractivity contribution is 6.38. The van der Waals surface area contributed by atoms with E-state index in [0.29, 0.717) is 12.3 Å². The van der Waals surface area contributed by atoms with Crippen molar-refractivity contribution in [2.24, 2.45) is 11.0 Å². The number of nitrogens with one attached hydrogen (secondary N) is 1. The summed E-state index contributed by atoms with van der Waals surface area (Å²) >= 11 is 0. The van der Waals surface area contributed by atoms with E-state index in [1.165, 1.54) is 0 Å². The highest BCUT2D eigenvalue weighted by Crippen LogP contribution is 2.31. The Bertz CT molecular complexity index is 515. The molecule has 0 bridgehead atoms. The number of piperidine rings is 1. The van der Waals surface area contributed by atoms with Gasteiger partial charge in [0.05, 0.1) is 18.3 Å². The van der Waals surface area contributed by atoms with Gasteiger partial charge in [0.25, 0.3) is 0 Å². The zero-order chi connectivity index (χ0) is 13.9. The summed E-state index contributed by atoms with van der Waals surface area (Å²) in [6.45, 7) is 3.97. The summed E-state index contributed by atoms with van der Waals surface area (Å²) in [6, 6.07) is 10.2. The number of para-hydroxylation sites is 1. The summed E-state index contributed by atoms with van der Waals surface area (Å²) in [5.74, 6) is -0.113. The maximum Gasteiger partial charge on any atom is 0.354 e. The van der Waals surface area contributed by atoms with Crippen molar-refractivity contribution < 1.29 is 9.53 Å². The molecule has 2 atom stereocenters. The quantitative estimate of drug-likeness (QED) is 0.846. The smallest absolute Gasteiger partial charge is 0.354 e. The number of benzene rings is 1. The molecular weight excluding hydrogens is 254 g/mol. The molecule has 0 aromatic heterocycles. The fourth-order valence-corrected chi connectivity index (χ4v) is 2.91. The molecule has 2 unspecified atom stereocenters. The summed E-state index contributed by atoms with van der Waals surface area (Å²) in [7, 11) is 0. The standard InChI is InChI=1S/C15H19N3O2/c1-2-20-15(19)14-12-8-9-16-10-13(12)18(17-14)11-6-4-3-5-7-11/h3-7,12-13,16H,2,8-10H2,1H3. The average Bonchev–Trinajstić information content (AvgIpc) is 2.88. The second-order valence-corrected chi connectivity index (χ2v) is 5.05. The molecule has 0 aliphatic carbocycles. The number of carbonyl (C=O) groups is 1. The first-order chi connectivity index (χ1) is 9.81. The van der Waals surface area contributed by atoms with Crippen LogP contribution >= 0.6 is 0 Å². The van der Waals surface area contributed by atoms with Crippen LogP contribution in [0.25, 0.3) is 0 Å². The molecule has 1 aromatic rings. The van der Waals surface area contributed by atoms with Crippen LogP contribution in [-0.2, 0) is 9.53 Å². The van der Waals surface area contributed by atoms with E-state index in [2.05, 4.69) is 10.4 Å². The molecule has 0 saturated carbocycles. The number of esters is 1. The molecule has 106 valence electrons. The Kier molecular flexibility index (Phi) is 3.69. The molecule has 1 fully saturated rings. The van der Waals surface area contributed by atoms with Crippen LogP contribution in [0.4, 0.5) is 5.69 Å². The van der Waals surface area contributed by atoms with Gasteiger partial charge in [-0.15, -0.1) is 0 Å². The third kappa shape index (κ3) is 2.29. The van der Waals surface area contributed by atoms with E-state index >= 15 is 0 Å². The van der Waals surface area contributed by atoms with E-state index in [1.807, 2.05) is 42.3 Å². The summed E-state index contributed by atoms with van der Waals surface area (Å²) in [4.78, 5) is 12.1. The first-order valence-corrected chi connectivity index (χ1v) is 7.12. The third-order valence-corrected chi connectivity index (χ3v) is 3.84. The summed E-state index contributed by atoms with van der Waals surface area (Å²) in [5, 5.41) is 9.90. The van der Waals surface area contributed by atoms with Crippen molar-refractivity contribution >= 4 is 17.4 Å². The van der Waals surface area contributed by atoms with Gasteiger partial charge in [-0.2, -0.15) is 5.10 Å². The molecule has 1 aromatic carbocycles. The Morgan fingerprint density at radius 1 is 1.45 bits per heavy atom. The number of anilines is 1. The minimum absolute atomic E-state index is 0.163. The Hall–Kier alpha value is -1.88. The van der Waals surface area contributed by atoms with Crippen molar-refractivity contribution in [3.8, 4) is 0 Å². The Balaban J connectivity index is 1.91. The van der Waals surface area contributed by atoms with Gasteiger partial charge in [-0.3, -0.25) is 5.01 Å². The lowest BCUT2D eigenvalue weighted by atomic mass is 9.89. The van der Waals surface area contributed by atoms with Gasteiger partial charge in [0, 0.05) is 12.5 Å². The number of fused-ring (bicyclic) bond motifs is 1. The van der Waals surface area contributed by atoms with Crippen molar-refractivity contribution in [2.45, 2.75) is 19.4 Å². The van der Waals surface area contributed by atoms with Crippen molar-refractivity contribution in [3.05, 3.63) is 30.3 Å². The molecule has 5 nitrogen and oxygen atoms in total. The van der Waals surface area contributed by atoms with Crippen LogP contribution in [0, 0.1) is 5.92 Å². The number of hydrogen-bond donors (Lipinski definition) is 1. The average molecular weight is 273 g/mol. The lowest BCUT2D eigenvalue weighted by molar-refractivity contribution is -0.135. The summed E-state index contributed by atoms with van der Waals surface area (Å²) in [5.41, 5.74) is 1.59. The monoisotopic (exact) mass is 273 g/mol. The van der Waals surface area contributed by atoms with Crippen LogP contribution < -0.4 is 10.3 Å². The van der Waals surface area contributed by atoms with E-state index in [0.717, 1.165) is 25.2 Å². The Labute approximate surface area is 118 Å². The largest absolute Gasteiger partial charge is 0.461 e. The van der Waals surface area contributed by atoms with Crippen LogP contribution in [0.15, 0.2) is 35.4 Å². The predicted octanol–water partition coefficient (Wildman–Crippen LogP) is 1.40. The van der Waals surface area contributed by atoms with E-state index in [1.54, 1.807) is 0 Å². The summed E-state index contributed by atoms with van der Waals surface area (Å²) in [6.07, 6.45) is 0.922. The second-order valence-electron chi connectivity index (χ2n) is 5.05. The fraction of sp³-hybridized carbons (Fsp3) is 0.467. The van der Waals surface area contributed by atoms with Gasteiger partial charge in [0.2, 0.25) is 0 Å². The van der Waals surface area contributed by atoms with E-state index < -0.39 is 0 Å². The number of hydrazone groups is 1. The Morgan fingerprint density at radius 3 is 3.00 bits per heavy atom. The predicted molar refractivity (Wildman–Crippen MR) is 77.8 cm³/mol. The third-order valence-electron chi connectivity index (χ3n) is 3.84. The lowest BCUT2D eigenvalue weighted by Gasteiger charge is -2.31. The highest BCUT2D eigenvalue weighted by atomic mass is 16.5. The number of ether oxygens (including phenoxy) is 1. The van der Waals surface area contributed by atoms with E-state index in [-0.39, 0.29) is 17.9 Å². The molecule has 2 heterocycles. The number of rotatable bonds is 3. The molecule has 0 radical (unpaired) electrons. The van der Waals surface area contributed by atoms with Crippen molar-refractivity contribution in [1.82, 2.24) is 5.32 Å². The fourth-order valence-electron chi connectivity index (χ4n) is 2.91. The van der Waals surface area contributed by atoms with Gasteiger partial charge < -0.3 is 10.1 Å². The van der Waals surface area contributed by atoms with E-state index in [9.17, 15) is 4.79 Å². The second kappa shape index (κ2) is 5.63. The maximum absolute atomic E-state index is 12.1. The van der Waals surface area contributed by atoms with Crippen molar-refractivity contribution in [1.29, 1.82) is 0 Å². The molecule has 20 heavy (non-hydrogen) atoms. The Morgan fingerprint density at radius 2 is 2.25 bits per heavy atom. The van der Waals surface area contributed by atoms with Gasteiger partial charge in [0.15, 0.2) is 5.71 Å². The number of nitrogens with zero attached hydrogens (tertiary/aromatic N) is 2. The zero-order valence-corrected chi connectivity index (χ0v) is 11.6. The number of hydrogen-bond acceptors (Lipinski definition) is 5. The minimum atomic E-state index is -0.275. The van der Waals surface area contributed by atoms with Crippen LogP contribution in [0.2, 0.25) is 0 Å². The van der Waals surface area contributed by atoms with Gasteiger partial charge in [-0.25, -0.2) is 4.79 Å². The highest BCUT2D eigenvalue weighted by Gasteiger charge is 2.42. The van der Waals surface area contributed by atoms with E-state index in [4.69, 9.17) is 4.74 Å². The van der Waals surface area contributed by atoms with Crippen LogP contribution in [-0.4, -0.2) is 37.4 Å². The summed E-state index contributed by atoms with van der Waals surface area (Å²) < 4.78 is 5.14. The van der Waals surface area contributed by atoms with Crippen molar-refractivity contribution in [2.75, 3.05) is 24.7 Å². The first-order valence-electron chi connectivity index (χ1n) is 7.12. The molecule has 1 saturated heterocycles. The SMILES string of the molecule is CCOC(=O)C1=NN(c2ccccc2)C2CNCCC12. The molecular formula is C15H19N3O2. The van der Waals surface area contributed by atoms with Gasteiger partial charge in [-0.05, 0) is 32.0 Å². The van der Waals surface area contributed by atoms with Crippen LogP contribution in [0.5, 0.6) is 0 Å². The molecule has 3 rings (SSSR count). The van der Waals surface area contributed by atoms with Crippen LogP contribution in [0.3, 0.4) is 0 Å². The molecule has 2 aliphatic rings. The molecule has 0 spiro atoms. The van der Waals surface area contributed by atoms with Crippen LogP contribution in [0.1, 0.15) is 13.3 Å². The molecule has 0 amide bonds. The topological polar surface area (TPSA) is 53.9 Å².